The summed E-state index contributed by atoms with van der Waals surface area (Å²) in [6.45, 7) is 1.99. The summed E-state index contributed by atoms with van der Waals surface area (Å²) in [7, 11) is 0. The van der Waals surface area contributed by atoms with Gasteiger partial charge in [0.1, 0.15) is 0 Å². The van der Waals surface area contributed by atoms with Crippen LogP contribution in [0.4, 0.5) is 39.5 Å². The predicted molar refractivity (Wildman–Crippen MR) is 88.6 cm³/mol. The standard InChI is InChI=1S/C20H17F9/c1-2-3-4-5-6-7-8-9-12(21)14(23)10(15(24)13(9)22)11-16(25)18(27)20(29)19(28)17(11)26/h2-8H2,1H3. The van der Waals surface area contributed by atoms with Crippen molar-refractivity contribution >= 4 is 0 Å². The van der Waals surface area contributed by atoms with Crippen LogP contribution in [-0.4, -0.2) is 0 Å². The zero-order chi connectivity index (χ0) is 21.9. The second-order valence-corrected chi connectivity index (χ2v) is 6.57. The summed E-state index contributed by atoms with van der Waals surface area (Å²) in [5.74, 6) is -21.1. The Kier molecular flexibility index (Phi) is 7.60. The highest BCUT2D eigenvalue weighted by atomic mass is 19.2. The van der Waals surface area contributed by atoms with E-state index in [1.165, 1.54) is 0 Å². The second-order valence-electron chi connectivity index (χ2n) is 6.57. The van der Waals surface area contributed by atoms with Gasteiger partial charge in [-0.3, -0.25) is 0 Å². The molecule has 2 aromatic rings. The number of hydrogen-bond donors (Lipinski definition) is 0. The van der Waals surface area contributed by atoms with Crippen LogP contribution in [0, 0.1) is 52.4 Å². The van der Waals surface area contributed by atoms with Crippen molar-refractivity contribution in [3.8, 4) is 11.1 Å². The highest BCUT2D eigenvalue weighted by Gasteiger charge is 2.34. The molecule has 2 aromatic carbocycles. The van der Waals surface area contributed by atoms with Gasteiger partial charge in [-0.1, -0.05) is 39.0 Å². The minimum Gasteiger partial charge on any atom is -0.203 e. The molecule has 160 valence electrons. The van der Waals surface area contributed by atoms with E-state index >= 15 is 0 Å². The van der Waals surface area contributed by atoms with E-state index in [-0.39, 0.29) is 6.42 Å². The Bertz CT molecular complexity index is 848. The van der Waals surface area contributed by atoms with E-state index < -0.39 is 75.5 Å². The summed E-state index contributed by atoms with van der Waals surface area (Å²) in [4.78, 5) is 0. The maximum absolute atomic E-state index is 14.3. The van der Waals surface area contributed by atoms with E-state index in [0.29, 0.717) is 6.42 Å². The third-order valence-electron chi connectivity index (χ3n) is 4.59. The Morgan fingerprint density at radius 2 is 0.759 bits per heavy atom. The molecule has 0 atom stereocenters. The third-order valence-corrected chi connectivity index (χ3v) is 4.59. The summed E-state index contributed by atoms with van der Waals surface area (Å²) in [5, 5.41) is 0. The van der Waals surface area contributed by atoms with E-state index in [2.05, 4.69) is 0 Å². The number of rotatable bonds is 8. The van der Waals surface area contributed by atoms with Gasteiger partial charge < -0.3 is 0 Å². The van der Waals surface area contributed by atoms with Crippen LogP contribution in [-0.2, 0) is 6.42 Å². The lowest BCUT2D eigenvalue weighted by atomic mass is 9.96. The lowest BCUT2D eigenvalue weighted by molar-refractivity contribution is 0.379. The van der Waals surface area contributed by atoms with Gasteiger partial charge in [-0.25, -0.2) is 39.5 Å². The van der Waals surface area contributed by atoms with E-state index in [1.54, 1.807) is 0 Å². The molecule has 0 unspecified atom stereocenters. The Morgan fingerprint density at radius 1 is 0.414 bits per heavy atom. The van der Waals surface area contributed by atoms with Crippen LogP contribution < -0.4 is 0 Å². The zero-order valence-corrected chi connectivity index (χ0v) is 15.4. The van der Waals surface area contributed by atoms with Crippen molar-refractivity contribution in [2.75, 3.05) is 0 Å². The quantitative estimate of drug-likeness (QED) is 0.177. The van der Waals surface area contributed by atoms with Gasteiger partial charge in [0.05, 0.1) is 11.1 Å². The number of hydrogen-bond acceptors (Lipinski definition) is 0. The summed E-state index contributed by atoms with van der Waals surface area (Å²) < 4.78 is 125. The molecule has 0 radical (unpaired) electrons. The Morgan fingerprint density at radius 3 is 1.21 bits per heavy atom. The molecule has 2 rings (SSSR count). The van der Waals surface area contributed by atoms with Crippen LogP contribution in [0.25, 0.3) is 11.1 Å². The van der Waals surface area contributed by atoms with Crippen LogP contribution in [0.2, 0.25) is 0 Å². The van der Waals surface area contributed by atoms with Gasteiger partial charge in [-0.15, -0.1) is 0 Å². The molecule has 0 spiro atoms. The van der Waals surface area contributed by atoms with Gasteiger partial charge in [0.25, 0.3) is 0 Å². The van der Waals surface area contributed by atoms with Crippen molar-refractivity contribution in [3.05, 3.63) is 57.9 Å². The average molecular weight is 428 g/mol. The summed E-state index contributed by atoms with van der Waals surface area (Å²) in [6.07, 6.45) is 3.88. The smallest absolute Gasteiger partial charge is 0.200 e. The lowest BCUT2D eigenvalue weighted by Crippen LogP contribution is -2.11. The fourth-order valence-corrected chi connectivity index (χ4v) is 3.02. The third kappa shape index (κ3) is 4.38. The molecule has 0 saturated heterocycles. The molecular formula is C20H17F9. The SMILES string of the molecule is CCCCCCCCc1c(F)c(F)c(-c2c(F)c(F)c(F)c(F)c2F)c(F)c1F. The molecule has 0 nitrogen and oxygen atoms in total. The van der Waals surface area contributed by atoms with Gasteiger partial charge in [-0.2, -0.15) is 0 Å². The number of halogens is 9. The second kappa shape index (κ2) is 9.54. The molecule has 0 fully saturated rings. The molecule has 0 saturated carbocycles. The van der Waals surface area contributed by atoms with Gasteiger partial charge >= 0.3 is 0 Å². The van der Waals surface area contributed by atoms with Gasteiger partial charge in [0.2, 0.25) is 5.82 Å². The molecule has 29 heavy (non-hydrogen) atoms. The van der Waals surface area contributed by atoms with E-state index in [0.717, 1.165) is 25.7 Å². The largest absolute Gasteiger partial charge is 0.203 e. The van der Waals surface area contributed by atoms with E-state index in [1.807, 2.05) is 6.92 Å². The minimum absolute atomic E-state index is 0.193. The van der Waals surface area contributed by atoms with Crippen molar-refractivity contribution in [1.82, 2.24) is 0 Å². The number of unbranched alkanes of at least 4 members (excludes halogenated alkanes) is 5. The van der Waals surface area contributed by atoms with Gasteiger partial charge in [0, 0.05) is 5.56 Å². The van der Waals surface area contributed by atoms with E-state index in [9.17, 15) is 39.5 Å². The molecule has 0 aliphatic heterocycles. The van der Waals surface area contributed by atoms with Crippen molar-refractivity contribution < 1.29 is 39.5 Å². The van der Waals surface area contributed by atoms with Crippen molar-refractivity contribution in [1.29, 1.82) is 0 Å². The summed E-state index contributed by atoms with van der Waals surface area (Å²) in [6, 6.07) is 0. The van der Waals surface area contributed by atoms with Crippen LogP contribution in [0.15, 0.2) is 0 Å². The number of benzene rings is 2. The fourth-order valence-electron chi connectivity index (χ4n) is 3.02. The summed E-state index contributed by atoms with van der Waals surface area (Å²) >= 11 is 0. The Labute approximate surface area is 161 Å². The van der Waals surface area contributed by atoms with Crippen LogP contribution in [0.1, 0.15) is 51.0 Å². The van der Waals surface area contributed by atoms with Crippen molar-refractivity contribution in [3.63, 3.8) is 0 Å². The highest BCUT2D eigenvalue weighted by molar-refractivity contribution is 5.67. The van der Waals surface area contributed by atoms with Crippen LogP contribution in [0.5, 0.6) is 0 Å². The van der Waals surface area contributed by atoms with Crippen LogP contribution >= 0.6 is 0 Å². The topological polar surface area (TPSA) is 0 Å². The van der Waals surface area contributed by atoms with Crippen LogP contribution in [0.3, 0.4) is 0 Å². The molecule has 0 N–H and O–H groups in total. The monoisotopic (exact) mass is 428 g/mol. The normalized spacial score (nSPS) is 11.4. The Balaban J connectivity index is 2.48. The van der Waals surface area contributed by atoms with Gasteiger partial charge in [-0.05, 0) is 12.8 Å². The highest BCUT2D eigenvalue weighted by Crippen LogP contribution is 2.38. The molecule has 0 amide bonds. The first-order chi connectivity index (χ1) is 13.6. The molecule has 0 aliphatic carbocycles. The molecule has 0 aliphatic rings. The van der Waals surface area contributed by atoms with Gasteiger partial charge in [0.15, 0.2) is 46.5 Å². The Hall–Kier alpha value is -2.19. The molecule has 0 bridgehead atoms. The van der Waals surface area contributed by atoms with Crippen molar-refractivity contribution in [2.24, 2.45) is 0 Å². The molecule has 0 heterocycles. The zero-order valence-electron chi connectivity index (χ0n) is 15.4. The predicted octanol–water partition coefficient (Wildman–Crippen LogP) is 7.51. The minimum atomic E-state index is -2.57. The molecule has 0 aromatic heterocycles. The fraction of sp³-hybridized carbons (Fsp3) is 0.400. The first-order valence-corrected chi connectivity index (χ1v) is 9.01. The summed E-state index contributed by atoms with van der Waals surface area (Å²) in [5.41, 5.74) is -5.04. The molecule has 9 heteroatoms. The van der Waals surface area contributed by atoms with Crippen molar-refractivity contribution in [2.45, 2.75) is 51.9 Å². The average Bonchev–Trinajstić information content (AvgIpc) is 2.70. The maximum atomic E-state index is 14.3. The first kappa shape index (κ1) is 23.1. The maximum Gasteiger partial charge on any atom is 0.200 e. The first-order valence-electron chi connectivity index (χ1n) is 9.01. The molecular weight excluding hydrogens is 411 g/mol. The van der Waals surface area contributed by atoms with E-state index in [4.69, 9.17) is 0 Å². The lowest BCUT2D eigenvalue weighted by Gasteiger charge is -2.14.